The van der Waals surface area contributed by atoms with Crippen LogP contribution in [-0.4, -0.2) is 30.9 Å². The Morgan fingerprint density at radius 1 is 1.44 bits per heavy atom. The van der Waals surface area contributed by atoms with Crippen LogP contribution >= 0.6 is 0 Å². The van der Waals surface area contributed by atoms with Crippen molar-refractivity contribution < 1.29 is 4.74 Å². The summed E-state index contributed by atoms with van der Waals surface area (Å²) in [6.45, 7) is 8.50. The number of likely N-dealkylation sites (N-methyl/N-ethyl adjacent to an activating group) is 1. The Morgan fingerprint density at radius 2 is 2.17 bits per heavy atom. The van der Waals surface area contributed by atoms with Gasteiger partial charge in [0.25, 0.3) is 0 Å². The van der Waals surface area contributed by atoms with Crippen LogP contribution in [0.3, 0.4) is 0 Å². The SMILES string of the molecule is C=C(CNC)OC.Cc1cc(C)c2[nH]ncc2c1. The largest absolute Gasteiger partial charge is 0.500 e. The van der Waals surface area contributed by atoms with Crippen LogP contribution in [0.5, 0.6) is 0 Å². The lowest BCUT2D eigenvalue weighted by Gasteiger charge is -1.99. The maximum absolute atomic E-state index is 4.73. The summed E-state index contributed by atoms with van der Waals surface area (Å²) < 4.78 is 4.73. The molecule has 2 N–H and O–H groups in total. The monoisotopic (exact) mass is 247 g/mol. The Morgan fingerprint density at radius 3 is 2.72 bits per heavy atom. The molecule has 0 radical (unpaired) electrons. The molecule has 0 saturated heterocycles. The van der Waals surface area contributed by atoms with Gasteiger partial charge in [-0.15, -0.1) is 0 Å². The second-order valence-electron chi connectivity index (χ2n) is 4.19. The zero-order chi connectivity index (χ0) is 13.5. The molecule has 1 aromatic heterocycles. The molecule has 98 valence electrons. The minimum atomic E-state index is 0.733. The number of hydrogen-bond donors (Lipinski definition) is 2. The summed E-state index contributed by atoms with van der Waals surface area (Å²) in [4.78, 5) is 0. The van der Waals surface area contributed by atoms with E-state index in [9.17, 15) is 0 Å². The first-order valence-corrected chi connectivity index (χ1v) is 5.85. The van der Waals surface area contributed by atoms with E-state index in [-0.39, 0.29) is 0 Å². The second-order valence-corrected chi connectivity index (χ2v) is 4.19. The van der Waals surface area contributed by atoms with Crippen molar-refractivity contribution >= 4 is 10.9 Å². The molecule has 0 amide bonds. The number of rotatable bonds is 3. The molecule has 0 fully saturated rings. The van der Waals surface area contributed by atoms with Crippen molar-refractivity contribution in [2.75, 3.05) is 20.7 Å². The highest BCUT2D eigenvalue weighted by atomic mass is 16.5. The number of methoxy groups -OCH3 is 1. The Bertz CT molecular complexity index is 517. The summed E-state index contributed by atoms with van der Waals surface area (Å²) in [6, 6.07) is 4.28. The summed E-state index contributed by atoms with van der Waals surface area (Å²) in [6.07, 6.45) is 1.86. The average molecular weight is 247 g/mol. The molecule has 1 heterocycles. The molecule has 0 spiro atoms. The zero-order valence-corrected chi connectivity index (χ0v) is 11.5. The third kappa shape index (κ3) is 3.89. The van der Waals surface area contributed by atoms with Crippen molar-refractivity contribution in [3.63, 3.8) is 0 Å². The van der Waals surface area contributed by atoms with Crippen LogP contribution in [0.2, 0.25) is 0 Å². The molecule has 0 aliphatic rings. The van der Waals surface area contributed by atoms with E-state index in [0.29, 0.717) is 0 Å². The van der Waals surface area contributed by atoms with Gasteiger partial charge in [-0.3, -0.25) is 5.10 Å². The van der Waals surface area contributed by atoms with E-state index in [0.717, 1.165) is 17.8 Å². The number of nitrogens with zero attached hydrogens (tertiary/aromatic N) is 1. The highest BCUT2D eigenvalue weighted by Gasteiger charge is 1.98. The summed E-state index contributed by atoms with van der Waals surface area (Å²) in [5, 5.41) is 11.0. The Balaban J connectivity index is 0.000000203. The highest BCUT2D eigenvalue weighted by Crippen LogP contribution is 2.16. The number of aromatic amines is 1. The molecule has 2 aromatic rings. The van der Waals surface area contributed by atoms with Crippen LogP contribution in [0, 0.1) is 13.8 Å². The standard InChI is InChI=1S/C9H10N2.C5H11NO/c1-6-3-7(2)9-8(4-6)5-10-11-9;1-5(7-3)4-6-2/h3-5H,1-2H3,(H,10,11);6H,1,4H2,2-3H3. The lowest BCUT2D eigenvalue weighted by atomic mass is 10.1. The van der Waals surface area contributed by atoms with Gasteiger partial charge in [0, 0.05) is 5.39 Å². The minimum Gasteiger partial charge on any atom is -0.500 e. The summed E-state index contributed by atoms with van der Waals surface area (Å²) in [7, 11) is 3.46. The van der Waals surface area contributed by atoms with Crippen molar-refractivity contribution in [3.8, 4) is 0 Å². The van der Waals surface area contributed by atoms with Crippen molar-refractivity contribution in [2.24, 2.45) is 0 Å². The summed E-state index contributed by atoms with van der Waals surface area (Å²) >= 11 is 0. The van der Waals surface area contributed by atoms with Gasteiger partial charge in [-0.25, -0.2) is 0 Å². The van der Waals surface area contributed by atoms with Gasteiger partial charge in [0.15, 0.2) is 0 Å². The normalized spacial score (nSPS) is 9.78. The van der Waals surface area contributed by atoms with Gasteiger partial charge in [0.1, 0.15) is 5.76 Å². The number of ether oxygens (including phenoxy) is 1. The van der Waals surface area contributed by atoms with Crippen molar-refractivity contribution in [2.45, 2.75) is 13.8 Å². The van der Waals surface area contributed by atoms with Gasteiger partial charge in [0.2, 0.25) is 0 Å². The lowest BCUT2D eigenvalue weighted by molar-refractivity contribution is 0.284. The predicted molar refractivity (Wildman–Crippen MR) is 75.6 cm³/mol. The van der Waals surface area contributed by atoms with E-state index in [1.54, 1.807) is 7.11 Å². The van der Waals surface area contributed by atoms with Gasteiger partial charge in [-0.1, -0.05) is 18.2 Å². The molecular formula is C14H21N3O. The fourth-order valence-corrected chi connectivity index (χ4v) is 1.69. The van der Waals surface area contributed by atoms with Crippen LogP contribution in [-0.2, 0) is 4.74 Å². The fourth-order valence-electron chi connectivity index (χ4n) is 1.69. The Kier molecular flexibility index (Phi) is 5.39. The third-order valence-electron chi connectivity index (χ3n) is 2.55. The van der Waals surface area contributed by atoms with Crippen molar-refractivity contribution in [3.05, 3.63) is 41.8 Å². The molecule has 0 aliphatic heterocycles. The molecular weight excluding hydrogens is 226 g/mol. The maximum Gasteiger partial charge on any atom is 0.102 e. The van der Waals surface area contributed by atoms with Gasteiger partial charge < -0.3 is 10.1 Å². The topological polar surface area (TPSA) is 49.9 Å². The van der Waals surface area contributed by atoms with E-state index in [4.69, 9.17) is 4.74 Å². The van der Waals surface area contributed by atoms with Crippen LogP contribution in [0.25, 0.3) is 10.9 Å². The van der Waals surface area contributed by atoms with Gasteiger partial charge >= 0.3 is 0 Å². The van der Waals surface area contributed by atoms with Gasteiger partial charge in [-0.05, 0) is 32.5 Å². The van der Waals surface area contributed by atoms with Crippen molar-refractivity contribution in [1.82, 2.24) is 15.5 Å². The van der Waals surface area contributed by atoms with Gasteiger partial charge in [0.05, 0.1) is 25.4 Å². The molecule has 0 saturated carbocycles. The second kappa shape index (κ2) is 6.81. The smallest absolute Gasteiger partial charge is 0.102 e. The average Bonchev–Trinajstić information content (AvgIpc) is 2.78. The summed E-state index contributed by atoms with van der Waals surface area (Å²) in [5.41, 5.74) is 3.70. The molecule has 1 aromatic carbocycles. The van der Waals surface area contributed by atoms with E-state index < -0.39 is 0 Å². The van der Waals surface area contributed by atoms with E-state index in [1.165, 1.54) is 16.5 Å². The Labute approximate surface area is 108 Å². The molecule has 0 bridgehead atoms. The predicted octanol–water partition coefficient (Wildman–Crippen LogP) is 2.55. The zero-order valence-electron chi connectivity index (χ0n) is 11.5. The number of hydrogen-bond acceptors (Lipinski definition) is 3. The first-order chi connectivity index (χ1) is 8.58. The number of fused-ring (bicyclic) bond motifs is 1. The number of aromatic nitrogens is 2. The first kappa shape index (κ1) is 14.3. The third-order valence-corrected chi connectivity index (χ3v) is 2.55. The number of nitrogens with one attached hydrogen (secondary N) is 2. The fraction of sp³-hybridized carbons (Fsp3) is 0.357. The first-order valence-electron chi connectivity index (χ1n) is 5.85. The number of aryl methyl sites for hydroxylation is 2. The molecule has 0 unspecified atom stereocenters. The number of benzene rings is 1. The number of H-pyrrole nitrogens is 1. The molecule has 0 atom stereocenters. The highest BCUT2D eigenvalue weighted by molar-refractivity contribution is 5.81. The molecule has 2 rings (SSSR count). The van der Waals surface area contributed by atoms with E-state index >= 15 is 0 Å². The van der Waals surface area contributed by atoms with Crippen LogP contribution in [0.1, 0.15) is 11.1 Å². The molecule has 0 aliphatic carbocycles. The quantitative estimate of drug-likeness (QED) is 0.819. The van der Waals surface area contributed by atoms with Crippen LogP contribution < -0.4 is 5.32 Å². The van der Waals surface area contributed by atoms with E-state index in [2.05, 4.69) is 48.1 Å². The molecule has 4 heteroatoms. The lowest BCUT2D eigenvalue weighted by Crippen LogP contribution is -2.10. The minimum absolute atomic E-state index is 0.733. The van der Waals surface area contributed by atoms with Gasteiger partial charge in [-0.2, -0.15) is 5.10 Å². The Hall–Kier alpha value is -1.81. The summed E-state index contributed by atoms with van der Waals surface area (Å²) in [5.74, 6) is 0.766. The maximum atomic E-state index is 4.73. The van der Waals surface area contributed by atoms with Crippen LogP contribution in [0.4, 0.5) is 0 Å². The molecule has 18 heavy (non-hydrogen) atoms. The van der Waals surface area contributed by atoms with Crippen LogP contribution in [0.15, 0.2) is 30.7 Å². The van der Waals surface area contributed by atoms with E-state index in [1.807, 2.05) is 13.2 Å². The van der Waals surface area contributed by atoms with Crippen molar-refractivity contribution in [1.29, 1.82) is 0 Å². The molecule has 4 nitrogen and oxygen atoms in total.